The summed E-state index contributed by atoms with van der Waals surface area (Å²) in [6.07, 6.45) is 2.13. The van der Waals surface area contributed by atoms with Gasteiger partial charge in [-0.3, -0.25) is 0 Å². The number of hydrogen-bond acceptors (Lipinski definition) is 1. The summed E-state index contributed by atoms with van der Waals surface area (Å²) in [6, 6.07) is 10.6. The molecule has 2 heteroatoms. The number of aromatic nitrogens is 1. The number of nitrogens with zero attached hydrogens (tertiary/aromatic N) is 1. The number of ether oxygens (including phenoxy) is 1. The maximum atomic E-state index is 5.60. The van der Waals surface area contributed by atoms with Gasteiger partial charge in [0.2, 0.25) is 0 Å². The van der Waals surface area contributed by atoms with Crippen molar-refractivity contribution in [2.24, 2.45) is 5.92 Å². The van der Waals surface area contributed by atoms with Crippen LogP contribution in [0, 0.1) is 5.92 Å². The number of rotatable bonds is 5. The van der Waals surface area contributed by atoms with E-state index in [0.29, 0.717) is 5.92 Å². The second-order valence-corrected chi connectivity index (χ2v) is 4.54. The molecule has 0 radical (unpaired) electrons. The van der Waals surface area contributed by atoms with E-state index >= 15 is 0 Å². The Bertz CT molecular complexity index is 445. The van der Waals surface area contributed by atoms with E-state index in [0.717, 1.165) is 19.8 Å². The van der Waals surface area contributed by atoms with E-state index in [9.17, 15) is 0 Å². The van der Waals surface area contributed by atoms with E-state index in [-0.39, 0.29) is 0 Å². The lowest BCUT2D eigenvalue weighted by Crippen LogP contribution is -2.08. The molecule has 2 rings (SSSR count). The Morgan fingerprint density at radius 1 is 1.19 bits per heavy atom. The van der Waals surface area contributed by atoms with Crippen LogP contribution in [0.15, 0.2) is 36.5 Å². The van der Waals surface area contributed by atoms with Crippen molar-refractivity contribution in [2.45, 2.75) is 20.4 Å². The van der Waals surface area contributed by atoms with Crippen LogP contribution in [0.5, 0.6) is 0 Å². The van der Waals surface area contributed by atoms with Crippen LogP contribution in [0.25, 0.3) is 10.9 Å². The lowest BCUT2D eigenvalue weighted by molar-refractivity contribution is 0.104. The molecule has 0 aliphatic heterocycles. The van der Waals surface area contributed by atoms with Crippen LogP contribution in [-0.4, -0.2) is 17.8 Å². The highest BCUT2D eigenvalue weighted by Gasteiger charge is 1.99. The molecule has 16 heavy (non-hydrogen) atoms. The van der Waals surface area contributed by atoms with Crippen LogP contribution >= 0.6 is 0 Å². The van der Waals surface area contributed by atoms with Gasteiger partial charge in [0.25, 0.3) is 0 Å². The first-order chi connectivity index (χ1) is 7.77. The minimum absolute atomic E-state index is 0.612. The molecule has 2 aromatic rings. The van der Waals surface area contributed by atoms with Crippen molar-refractivity contribution in [3.8, 4) is 0 Å². The molecule has 0 saturated heterocycles. The monoisotopic (exact) mass is 217 g/mol. The SMILES string of the molecule is CC(C)COCCn1ccc2ccccc21. The lowest BCUT2D eigenvalue weighted by Gasteiger charge is -2.08. The van der Waals surface area contributed by atoms with Crippen molar-refractivity contribution in [1.29, 1.82) is 0 Å². The van der Waals surface area contributed by atoms with Crippen LogP contribution in [0.1, 0.15) is 13.8 Å². The van der Waals surface area contributed by atoms with Gasteiger partial charge in [0.15, 0.2) is 0 Å². The van der Waals surface area contributed by atoms with Gasteiger partial charge in [-0.25, -0.2) is 0 Å². The van der Waals surface area contributed by atoms with Crippen LogP contribution in [-0.2, 0) is 11.3 Å². The molecule has 0 spiro atoms. The highest BCUT2D eigenvalue weighted by Crippen LogP contribution is 2.14. The van der Waals surface area contributed by atoms with Crippen molar-refractivity contribution in [1.82, 2.24) is 4.57 Å². The van der Waals surface area contributed by atoms with Crippen LogP contribution < -0.4 is 0 Å². The molecule has 0 atom stereocenters. The van der Waals surface area contributed by atoms with Crippen LogP contribution in [0.4, 0.5) is 0 Å². The van der Waals surface area contributed by atoms with E-state index in [2.05, 4.69) is 54.9 Å². The van der Waals surface area contributed by atoms with E-state index in [1.807, 2.05) is 0 Å². The first-order valence-electron chi connectivity index (χ1n) is 5.89. The average Bonchev–Trinajstić information content (AvgIpc) is 2.68. The van der Waals surface area contributed by atoms with Crippen LogP contribution in [0.2, 0.25) is 0 Å². The topological polar surface area (TPSA) is 14.2 Å². The zero-order valence-electron chi connectivity index (χ0n) is 10.0. The summed E-state index contributed by atoms with van der Waals surface area (Å²) in [5.41, 5.74) is 1.29. The predicted octanol–water partition coefficient (Wildman–Crippen LogP) is 3.31. The Kier molecular flexibility index (Phi) is 3.62. The summed E-state index contributed by atoms with van der Waals surface area (Å²) in [5, 5.41) is 1.30. The van der Waals surface area contributed by atoms with Crippen molar-refractivity contribution < 1.29 is 4.74 Å². The maximum Gasteiger partial charge on any atom is 0.0645 e. The fourth-order valence-corrected chi connectivity index (χ4v) is 1.82. The van der Waals surface area contributed by atoms with E-state index in [1.54, 1.807) is 0 Å². The van der Waals surface area contributed by atoms with Gasteiger partial charge < -0.3 is 9.30 Å². The van der Waals surface area contributed by atoms with Crippen molar-refractivity contribution in [3.05, 3.63) is 36.5 Å². The summed E-state index contributed by atoms with van der Waals surface area (Å²) < 4.78 is 7.84. The number of benzene rings is 1. The largest absolute Gasteiger partial charge is 0.379 e. The molecule has 0 aliphatic carbocycles. The highest BCUT2D eigenvalue weighted by molar-refractivity contribution is 5.79. The summed E-state index contributed by atoms with van der Waals surface area (Å²) in [6.45, 7) is 6.91. The molecule has 0 unspecified atom stereocenters. The maximum absolute atomic E-state index is 5.60. The summed E-state index contributed by atoms with van der Waals surface area (Å²) >= 11 is 0. The first-order valence-corrected chi connectivity index (χ1v) is 5.89. The molecule has 0 amide bonds. The fraction of sp³-hybridized carbons (Fsp3) is 0.429. The van der Waals surface area contributed by atoms with Gasteiger partial charge in [0.05, 0.1) is 6.61 Å². The molecule has 86 valence electrons. The van der Waals surface area contributed by atoms with E-state index in [4.69, 9.17) is 4.74 Å². The Labute approximate surface area is 96.8 Å². The molecule has 2 nitrogen and oxygen atoms in total. The zero-order chi connectivity index (χ0) is 11.4. The van der Waals surface area contributed by atoms with Crippen molar-refractivity contribution in [2.75, 3.05) is 13.2 Å². The predicted molar refractivity (Wildman–Crippen MR) is 67.6 cm³/mol. The third-order valence-corrected chi connectivity index (χ3v) is 2.61. The summed E-state index contributed by atoms with van der Waals surface area (Å²) in [4.78, 5) is 0. The second-order valence-electron chi connectivity index (χ2n) is 4.54. The molecule has 0 aliphatic rings. The minimum Gasteiger partial charge on any atom is -0.379 e. The zero-order valence-corrected chi connectivity index (χ0v) is 10.0. The molecule has 1 heterocycles. The summed E-state index contributed by atoms with van der Waals surface area (Å²) in [7, 11) is 0. The Hall–Kier alpha value is -1.28. The lowest BCUT2D eigenvalue weighted by atomic mass is 10.2. The van der Waals surface area contributed by atoms with Gasteiger partial charge in [-0.1, -0.05) is 32.0 Å². The third-order valence-electron chi connectivity index (χ3n) is 2.61. The quantitative estimate of drug-likeness (QED) is 0.701. The van der Waals surface area contributed by atoms with Crippen molar-refractivity contribution >= 4 is 10.9 Å². The highest BCUT2D eigenvalue weighted by atomic mass is 16.5. The van der Waals surface area contributed by atoms with Gasteiger partial charge in [-0.15, -0.1) is 0 Å². The molecule has 0 fully saturated rings. The Morgan fingerprint density at radius 2 is 2.00 bits per heavy atom. The first kappa shape index (κ1) is 11.2. The fourth-order valence-electron chi connectivity index (χ4n) is 1.82. The van der Waals surface area contributed by atoms with E-state index in [1.165, 1.54) is 10.9 Å². The smallest absolute Gasteiger partial charge is 0.0645 e. The van der Waals surface area contributed by atoms with Crippen molar-refractivity contribution in [3.63, 3.8) is 0 Å². The summed E-state index contributed by atoms with van der Waals surface area (Å²) in [5.74, 6) is 0.612. The molecule has 0 N–H and O–H groups in total. The molecule has 1 aromatic carbocycles. The molecule has 0 bridgehead atoms. The molecular formula is C14H19NO. The van der Waals surface area contributed by atoms with Gasteiger partial charge in [-0.05, 0) is 23.4 Å². The number of fused-ring (bicyclic) bond motifs is 1. The standard InChI is InChI=1S/C14H19NO/c1-12(2)11-16-10-9-15-8-7-13-5-3-4-6-14(13)15/h3-8,12H,9-11H2,1-2H3. The second kappa shape index (κ2) is 5.17. The molecule has 1 aromatic heterocycles. The number of para-hydroxylation sites is 1. The Morgan fingerprint density at radius 3 is 2.81 bits per heavy atom. The van der Waals surface area contributed by atoms with Gasteiger partial charge >= 0.3 is 0 Å². The minimum atomic E-state index is 0.612. The Balaban J connectivity index is 1.94. The van der Waals surface area contributed by atoms with Gasteiger partial charge in [0.1, 0.15) is 0 Å². The molecule has 0 saturated carbocycles. The van der Waals surface area contributed by atoms with Crippen LogP contribution in [0.3, 0.4) is 0 Å². The average molecular weight is 217 g/mol. The van der Waals surface area contributed by atoms with Gasteiger partial charge in [0, 0.05) is 24.9 Å². The van der Waals surface area contributed by atoms with Gasteiger partial charge in [-0.2, -0.15) is 0 Å². The third kappa shape index (κ3) is 2.64. The van der Waals surface area contributed by atoms with E-state index < -0.39 is 0 Å². The number of hydrogen-bond donors (Lipinski definition) is 0. The normalized spacial score (nSPS) is 11.4. The molecular weight excluding hydrogens is 198 g/mol.